The molecule has 5 rings (SSSR count). The minimum atomic E-state index is -0.426. The number of aromatic nitrogens is 4. The number of nitrogens with one attached hydrogen (secondary N) is 2. The number of hydrogen-bond donors (Lipinski definition) is 3. The molecule has 2 heterocycles. The van der Waals surface area contributed by atoms with E-state index in [1.54, 1.807) is 0 Å². The van der Waals surface area contributed by atoms with Gasteiger partial charge < -0.3 is 15.8 Å². The molecule has 0 saturated carbocycles. The van der Waals surface area contributed by atoms with E-state index in [0.717, 1.165) is 5.69 Å². The van der Waals surface area contributed by atoms with Crippen LogP contribution in [0.5, 0.6) is 0 Å². The molecule has 8 heteroatoms. The van der Waals surface area contributed by atoms with Gasteiger partial charge in [0.1, 0.15) is 18.8 Å². The van der Waals surface area contributed by atoms with Crippen LogP contribution in [0.25, 0.3) is 28.2 Å². The molecule has 4 aromatic rings. The zero-order chi connectivity index (χ0) is 21.9. The van der Waals surface area contributed by atoms with Crippen LogP contribution in [0.2, 0.25) is 0 Å². The molecule has 0 bridgehead atoms. The molecule has 4 N–H and O–H groups in total. The summed E-state index contributed by atoms with van der Waals surface area (Å²) in [6, 6.07) is 16.5. The number of rotatable bonds is 6. The van der Waals surface area contributed by atoms with E-state index in [4.69, 9.17) is 10.5 Å². The second kappa shape index (κ2) is 8.50. The Bertz CT molecular complexity index is 1270. The summed E-state index contributed by atoms with van der Waals surface area (Å²) in [5, 5.41) is 10.5. The summed E-state index contributed by atoms with van der Waals surface area (Å²) in [6.45, 7) is 0.750. The summed E-state index contributed by atoms with van der Waals surface area (Å²) in [7, 11) is 0. The molecule has 32 heavy (non-hydrogen) atoms. The lowest BCUT2D eigenvalue weighted by Gasteiger charge is -2.14. The Morgan fingerprint density at radius 3 is 2.56 bits per heavy atom. The number of fused-ring (bicyclic) bond motifs is 4. The summed E-state index contributed by atoms with van der Waals surface area (Å²) in [5.41, 5.74) is 12.0. The molecule has 0 atom stereocenters. The van der Waals surface area contributed by atoms with E-state index in [9.17, 15) is 4.79 Å². The lowest BCUT2D eigenvalue weighted by atomic mass is 9.98. The summed E-state index contributed by atoms with van der Waals surface area (Å²) in [5.74, 6) is 0.426. The van der Waals surface area contributed by atoms with Crippen molar-refractivity contribution in [3.8, 4) is 11.1 Å². The molecule has 1 aliphatic rings. The molecular weight excluding hydrogens is 404 g/mol. The van der Waals surface area contributed by atoms with E-state index in [-0.39, 0.29) is 5.92 Å². The van der Waals surface area contributed by atoms with Gasteiger partial charge >= 0.3 is 6.09 Å². The topological polar surface area (TPSA) is 119 Å². The second-order valence-electron chi connectivity index (χ2n) is 7.54. The zero-order valence-corrected chi connectivity index (χ0v) is 17.3. The average molecular weight is 426 g/mol. The third-order valence-electron chi connectivity index (χ3n) is 5.62. The van der Waals surface area contributed by atoms with Gasteiger partial charge in [0.15, 0.2) is 5.65 Å². The fourth-order valence-electron chi connectivity index (χ4n) is 4.13. The number of nitrogens with two attached hydrogens (primary N) is 1. The first-order chi connectivity index (χ1) is 15.7. The van der Waals surface area contributed by atoms with Gasteiger partial charge in [-0.2, -0.15) is 5.10 Å². The predicted molar refractivity (Wildman–Crippen MR) is 123 cm³/mol. The van der Waals surface area contributed by atoms with E-state index in [1.165, 1.54) is 28.6 Å². The second-order valence-corrected chi connectivity index (χ2v) is 7.54. The van der Waals surface area contributed by atoms with Crippen LogP contribution in [0.4, 0.5) is 10.6 Å². The first-order valence-electron chi connectivity index (χ1n) is 10.4. The normalized spacial score (nSPS) is 12.8. The zero-order valence-electron chi connectivity index (χ0n) is 17.3. The minimum absolute atomic E-state index is 0.0504. The Labute approximate surface area is 184 Å². The van der Waals surface area contributed by atoms with Crippen LogP contribution in [-0.2, 0) is 4.74 Å². The Kier molecular flexibility index (Phi) is 5.25. The van der Waals surface area contributed by atoms with Crippen molar-refractivity contribution in [2.45, 2.75) is 12.3 Å². The maximum Gasteiger partial charge on any atom is 0.407 e. The fraction of sp³-hybridized carbons (Fsp3) is 0.167. The molecule has 1 amide bonds. The quantitative estimate of drug-likeness (QED) is 0.403. The Hall–Kier alpha value is -4.20. The fourth-order valence-corrected chi connectivity index (χ4v) is 4.13. The highest BCUT2D eigenvalue weighted by Crippen LogP contribution is 2.44. The minimum Gasteiger partial charge on any atom is -0.449 e. The number of nitrogen functional groups attached to an aromatic ring is 1. The molecule has 2 aromatic carbocycles. The van der Waals surface area contributed by atoms with Crippen molar-refractivity contribution in [3.63, 3.8) is 0 Å². The molecule has 0 spiro atoms. The van der Waals surface area contributed by atoms with Gasteiger partial charge in [-0.1, -0.05) is 54.6 Å². The smallest absolute Gasteiger partial charge is 0.407 e. The summed E-state index contributed by atoms with van der Waals surface area (Å²) in [4.78, 5) is 20.3. The van der Waals surface area contributed by atoms with E-state index in [0.29, 0.717) is 36.4 Å². The van der Waals surface area contributed by atoms with Gasteiger partial charge in [-0.05, 0) is 34.8 Å². The number of aromatic amines is 1. The van der Waals surface area contributed by atoms with E-state index < -0.39 is 6.09 Å². The molecule has 2 aromatic heterocycles. The SMILES string of the molecule is Nc1ncnc2n[nH]c(C=CCCNC(=O)OCC3c4ccccc4-c4ccccc43)c12. The largest absolute Gasteiger partial charge is 0.449 e. The van der Waals surface area contributed by atoms with Crippen molar-refractivity contribution in [1.29, 1.82) is 0 Å². The number of ether oxygens (including phenoxy) is 1. The number of benzene rings is 2. The highest BCUT2D eigenvalue weighted by Gasteiger charge is 2.28. The van der Waals surface area contributed by atoms with Crippen LogP contribution < -0.4 is 11.1 Å². The molecule has 0 saturated heterocycles. The maximum absolute atomic E-state index is 12.2. The number of amides is 1. The Balaban J connectivity index is 1.14. The predicted octanol–water partition coefficient (Wildman–Crippen LogP) is 3.88. The summed E-state index contributed by atoms with van der Waals surface area (Å²) < 4.78 is 5.54. The number of nitrogens with zero attached hydrogens (tertiary/aromatic N) is 3. The van der Waals surface area contributed by atoms with E-state index in [2.05, 4.69) is 49.7 Å². The lowest BCUT2D eigenvalue weighted by molar-refractivity contribution is 0.143. The van der Waals surface area contributed by atoms with Crippen LogP contribution in [0.1, 0.15) is 29.2 Å². The molecule has 160 valence electrons. The number of carbonyl (C=O) groups is 1. The number of hydrogen-bond acceptors (Lipinski definition) is 6. The molecule has 0 aliphatic heterocycles. The van der Waals surface area contributed by atoms with Gasteiger partial charge in [0.25, 0.3) is 0 Å². The van der Waals surface area contributed by atoms with E-state index >= 15 is 0 Å². The van der Waals surface area contributed by atoms with Crippen molar-refractivity contribution in [1.82, 2.24) is 25.5 Å². The first-order valence-corrected chi connectivity index (χ1v) is 10.4. The van der Waals surface area contributed by atoms with Gasteiger partial charge in [0, 0.05) is 12.5 Å². The van der Waals surface area contributed by atoms with Crippen molar-refractivity contribution in [3.05, 3.63) is 77.8 Å². The van der Waals surface area contributed by atoms with Crippen LogP contribution in [0.3, 0.4) is 0 Å². The van der Waals surface area contributed by atoms with Crippen molar-refractivity contribution < 1.29 is 9.53 Å². The first kappa shape index (κ1) is 19.7. The monoisotopic (exact) mass is 426 g/mol. The van der Waals surface area contributed by atoms with Crippen molar-refractivity contribution in [2.75, 3.05) is 18.9 Å². The van der Waals surface area contributed by atoms with Crippen molar-refractivity contribution in [2.24, 2.45) is 0 Å². The standard InChI is InChI=1S/C24H22N6O2/c25-22-21-20(29-30-23(21)28-14-27-22)11-5-6-12-26-24(31)32-13-19-17-9-3-1-7-15(17)16-8-2-4-10-18(16)19/h1-5,7-11,14,19H,6,12-13H2,(H,26,31)(H3,25,27,28,29,30). The van der Waals surface area contributed by atoms with Gasteiger partial charge in [0.2, 0.25) is 0 Å². The maximum atomic E-state index is 12.2. The lowest BCUT2D eigenvalue weighted by Crippen LogP contribution is -2.26. The molecule has 8 nitrogen and oxygen atoms in total. The van der Waals surface area contributed by atoms with E-state index in [1.807, 2.05) is 36.4 Å². The highest BCUT2D eigenvalue weighted by molar-refractivity contribution is 5.92. The van der Waals surface area contributed by atoms with Crippen LogP contribution in [0, 0.1) is 0 Å². The van der Waals surface area contributed by atoms with Gasteiger partial charge in [-0.25, -0.2) is 14.8 Å². The number of anilines is 1. The number of H-pyrrole nitrogens is 1. The van der Waals surface area contributed by atoms with Gasteiger partial charge in [-0.15, -0.1) is 0 Å². The number of carbonyl (C=O) groups excluding carboxylic acids is 1. The molecule has 0 unspecified atom stereocenters. The van der Waals surface area contributed by atoms with Crippen LogP contribution in [-0.4, -0.2) is 39.4 Å². The molecule has 0 fully saturated rings. The molecular formula is C24H22N6O2. The molecule has 0 radical (unpaired) electrons. The highest BCUT2D eigenvalue weighted by atomic mass is 16.5. The van der Waals surface area contributed by atoms with Crippen LogP contribution in [0.15, 0.2) is 60.9 Å². The third-order valence-corrected chi connectivity index (χ3v) is 5.62. The third kappa shape index (κ3) is 3.66. The summed E-state index contributed by atoms with van der Waals surface area (Å²) >= 11 is 0. The van der Waals surface area contributed by atoms with Crippen LogP contribution >= 0.6 is 0 Å². The summed E-state index contributed by atoms with van der Waals surface area (Å²) in [6.07, 6.45) is 5.35. The van der Waals surface area contributed by atoms with Gasteiger partial charge in [0.05, 0.1) is 11.1 Å². The number of alkyl carbamates (subject to hydrolysis) is 1. The molecule has 1 aliphatic carbocycles. The Morgan fingerprint density at radius 2 is 1.81 bits per heavy atom. The van der Waals surface area contributed by atoms with Gasteiger partial charge in [-0.3, -0.25) is 5.10 Å². The average Bonchev–Trinajstić information content (AvgIpc) is 3.37. The van der Waals surface area contributed by atoms with Crippen molar-refractivity contribution >= 4 is 29.0 Å². The Morgan fingerprint density at radius 1 is 1.09 bits per heavy atom.